The number of aryl methyl sites for hydroxylation is 1. The Morgan fingerprint density at radius 3 is 2.81 bits per heavy atom. The summed E-state index contributed by atoms with van der Waals surface area (Å²) in [6, 6.07) is 1.91. The Kier molecular flexibility index (Phi) is 2.68. The maximum Gasteiger partial charge on any atom is 0.0921 e. The number of hydrogen-bond acceptors (Lipinski definition) is 2. The number of nitrogens with two attached hydrogens (primary N) is 1. The van der Waals surface area contributed by atoms with Crippen molar-refractivity contribution in [3.63, 3.8) is 0 Å². The maximum atomic E-state index is 6.04. The number of nitrogens with zero attached hydrogens (tertiary/aromatic N) is 1. The molecule has 16 heavy (non-hydrogen) atoms. The van der Waals surface area contributed by atoms with Crippen LogP contribution >= 0.6 is 11.6 Å². The molecule has 2 aromatic rings. The normalized spacial score (nSPS) is 12.3. The number of fused-ring (bicyclic) bond motifs is 1. The van der Waals surface area contributed by atoms with E-state index in [2.05, 4.69) is 23.8 Å². The number of pyridine rings is 1. The van der Waals surface area contributed by atoms with Crippen molar-refractivity contribution in [1.82, 2.24) is 9.97 Å². The monoisotopic (exact) mass is 237 g/mol. The molecule has 2 aromatic heterocycles. The lowest BCUT2D eigenvalue weighted by molar-refractivity contribution is 0.543. The average molecular weight is 238 g/mol. The van der Waals surface area contributed by atoms with Crippen molar-refractivity contribution in [2.24, 2.45) is 5.73 Å². The molecule has 3 nitrogen and oxygen atoms in total. The van der Waals surface area contributed by atoms with Gasteiger partial charge in [0.15, 0.2) is 0 Å². The first-order valence-electron chi connectivity index (χ1n) is 5.30. The van der Waals surface area contributed by atoms with Gasteiger partial charge in [0.05, 0.1) is 21.7 Å². The summed E-state index contributed by atoms with van der Waals surface area (Å²) in [6.07, 6.45) is 1.97. The molecule has 0 aliphatic rings. The quantitative estimate of drug-likeness (QED) is 0.844. The first kappa shape index (κ1) is 11.4. The average Bonchev–Trinajstić information content (AvgIpc) is 2.62. The molecule has 0 saturated carbocycles. The summed E-state index contributed by atoms with van der Waals surface area (Å²) in [6.45, 7) is 6.72. The van der Waals surface area contributed by atoms with Crippen LogP contribution < -0.4 is 5.73 Å². The van der Waals surface area contributed by atoms with E-state index in [0.29, 0.717) is 11.6 Å². The second-order valence-corrected chi connectivity index (χ2v) is 5.15. The van der Waals surface area contributed by atoms with Crippen LogP contribution in [-0.4, -0.2) is 16.5 Å². The van der Waals surface area contributed by atoms with Crippen LogP contribution in [0.2, 0.25) is 5.02 Å². The molecule has 0 radical (unpaired) electrons. The fraction of sp³-hybridized carbons (Fsp3) is 0.417. The Balaban J connectivity index is 2.70. The Morgan fingerprint density at radius 1 is 1.50 bits per heavy atom. The van der Waals surface area contributed by atoms with E-state index in [4.69, 9.17) is 17.3 Å². The van der Waals surface area contributed by atoms with E-state index in [1.165, 1.54) is 0 Å². The van der Waals surface area contributed by atoms with E-state index >= 15 is 0 Å². The van der Waals surface area contributed by atoms with Crippen molar-refractivity contribution in [3.8, 4) is 0 Å². The standard InChI is InChI=1S/C12H16ClN3/c1-7-9(13)4-10-11(16-7)8(5-15-10)12(2,3)6-14/h4-5,15H,6,14H2,1-3H3. The summed E-state index contributed by atoms with van der Waals surface area (Å²) in [5.74, 6) is 0. The molecule has 0 aliphatic carbocycles. The van der Waals surface area contributed by atoms with Crippen molar-refractivity contribution >= 4 is 22.6 Å². The third-order valence-corrected chi connectivity index (χ3v) is 3.40. The van der Waals surface area contributed by atoms with Crippen LogP contribution in [0.1, 0.15) is 25.1 Å². The van der Waals surface area contributed by atoms with Crippen molar-refractivity contribution < 1.29 is 0 Å². The van der Waals surface area contributed by atoms with Gasteiger partial charge in [0.1, 0.15) is 0 Å². The molecule has 0 aromatic carbocycles. The van der Waals surface area contributed by atoms with Crippen LogP contribution in [-0.2, 0) is 5.41 Å². The van der Waals surface area contributed by atoms with Crippen molar-refractivity contribution in [2.75, 3.05) is 6.54 Å². The predicted molar refractivity (Wildman–Crippen MR) is 67.9 cm³/mol. The van der Waals surface area contributed by atoms with Gasteiger partial charge < -0.3 is 10.7 Å². The number of hydrogen-bond donors (Lipinski definition) is 2. The lowest BCUT2D eigenvalue weighted by atomic mass is 9.86. The van der Waals surface area contributed by atoms with Gasteiger partial charge in [0.25, 0.3) is 0 Å². The summed E-state index contributed by atoms with van der Waals surface area (Å²) in [5.41, 5.74) is 9.64. The lowest BCUT2D eigenvalue weighted by Gasteiger charge is -2.21. The molecule has 2 heterocycles. The van der Waals surface area contributed by atoms with Gasteiger partial charge in [-0.2, -0.15) is 0 Å². The zero-order valence-corrected chi connectivity index (χ0v) is 10.5. The maximum absolute atomic E-state index is 6.04. The van der Waals surface area contributed by atoms with E-state index in [-0.39, 0.29) is 5.41 Å². The van der Waals surface area contributed by atoms with Crippen LogP contribution in [0.5, 0.6) is 0 Å². The van der Waals surface area contributed by atoms with Crippen LogP contribution in [0.4, 0.5) is 0 Å². The molecule has 0 fully saturated rings. The van der Waals surface area contributed by atoms with E-state index in [9.17, 15) is 0 Å². The molecular weight excluding hydrogens is 222 g/mol. The van der Waals surface area contributed by atoms with Crippen LogP contribution in [0.15, 0.2) is 12.3 Å². The smallest absolute Gasteiger partial charge is 0.0921 e. The van der Waals surface area contributed by atoms with Gasteiger partial charge in [0, 0.05) is 23.7 Å². The summed E-state index contributed by atoms with van der Waals surface area (Å²) >= 11 is 6.04. The highest BCUT2D eigenvalue weighted by Gasteiger charge is 2.23. The third-order valence-electron chi connectivity index (χ3n) is 3.02. The Labute approximate surface area is 100 Å². The van der Waals surface area contributed by atoms with Gasteiger partial charge in [-0.1, -0.05) is 25.4 Å². The SMILES string of the molecule is Cc1nc2c(C(C)(C)CN)c[nH]c2cc1Cl. The van der Waals surface area contributed by atoms with Crippen molar-refractivity contribution in [3.05, 3.63) is 28.5 Å². The summed E-state index contributed by atoms with van der Waals surface area (Å²) < 4.78 is 0. The Morgan fingerprint density at radius 2 is 2.19 bits per heavy atom. The molecule has 0 atom stereocenters. The predicted octanol–water partition coefficient (Wildman–Crippen LogP) is 2.76. The molecule has 0 amide bonds. The molecule has 0 aliphatic heterocycles. The largest absolute Gasteiger partial charge is 0.360 e. The number of aromatic amines is 1. The van der Waals surface area contributed by atoms with Crippen molar-refractivity contribution in [2.45, 2.75) is 26.2 Å². The fourth-order valence-corrected chi connectivity index (χ4v) is 1.89. The second kappa shape index (κ2) is 3.75. The zero-order chi connectivity index (χ0) is 11.9. The van der Waals surface area contributed by atoms with Gasteiger partial charge in [0.2, 0.25) is 0 Å². The first-order chi connectivity index (χ1) is 7.45. The van der Waals surface area contributed by atoms with Gasteiger partial charge in [-0.15, -0.1) is 0 Å². The molecule has 0 spiro atoms. The van der Waals surface area contributed by atoms with E-state index < -0.39 is 0 Å². The van der Waals surface area contributed by atoms with Crippen LogP contribution in [0.3, 0.4) is 0 Å². The highest BCUT2D eigenvalue weighted by Crippen LogP contribution is 2.30. The fourth-order valence-electron chi connectivity index (χ4n) is 1.74. The lowest BCUT2D eigenvalue weighted by Crippen LogP contribution is -2.27. The number of halogens is 1. The molecule has 3 N–H and O–H groups in total. The van der Waals surface area contributed by atoms with Gasteiger partial charge in [-0.25, -0.2) is 4.98 Å². The minimum Gasteiger partial charge on any atom is -0.360 e. The summed E-state index contributed by atoms with van der Waals surface area (Å²) in [7, 11) is 0. The topological polar surface area (TPSA) is 54.7 Å². The van der Waals surface area contributed by atoms with Crippen LogP contribution in [0, 0.1) is 6.92 Å². The molecule has 4 heteroatoms. The van der Waals surface area contributed by atoms with Gasteiger partial charge >= 0.3 is 0 Å². The Hall–Kier alpha value is -1.06. The number of rotatable bonds is 2. The number of nitrogens with one attached hydrogen (secondary N) is 1. The molecule has 2 rings (SSSR count). The Bertz CT molecular complexity index is 528. The van der Waals surface area contributed by atoms with Crippen LogP contribution in [0.25, 0.3) is 11.0 Å². The highest BCUT2D eigenvalue weighted by molar-refractivity contribution is 6.31. The molecule has 0 saturated heterocycles. The molecule has 0 unspecified atom stereocenters. The van der Waals surface area contributed by atoms with Crippen molar-refractivity contribution in [1.29, 1.82) is 0 Å². The first-order valence-corrected chi connectivity index (χ1v) is 5.68. The summed E-state index contributed by atoms with van der Waals surface area (Å²) in [4.78, 5) is 7.72. The minimum absolute atomic E-state index is 0.0779. The number of H-pyrrole nitrogens is 1. The third kappa shape index (κ3) is 1.70. The number of aromatic nitrogens is 2. The highest BCUT2D eigenvalue weighted by atomic mass is 35.5. The molecular formula is C12H16ClN3. The zero-order valence-electron chi connectivity index (χ0n) is 9.76. The van der Waals surface area contributed by atoms with Gasteiger partial charge in [-0.3, -0.25) is 0 Å². The summed E-state index contributed by atoms with van der Waals surface area (Å²) in [5, 5.41) is 0.687. The second-order valence-electron chi connectivity index (χ2n) is 4.74. The van der Waals surface area contributed by atoms with E-state index in [1.54, 1.807) is 0 Å². The van der Waals surface area contributed by atoms with E-state index in [1.807, 2.05) is 19.2 Å². The van der Waals surface area contributed by atoms with Gasteiger partial charge in [-0.05, 0) is 13.0 Å². The molecule has 0 bridgehead atoms. The van der Waals surface area contributed by atoms with E-state index in [0.717, 1.165) is 22.3 Å². The minimum atomic E-state index is -0.0779. The molecule has 86 valence electrons.